The molecule has 0 aliphatic rings. The van der Waals surface area contributed by atoms with Gasteiger partial charge in [-0.2, -0.15) is 5.10 Å². The predicted octanol–water partition coefficient (Wildman–Crippen LogP) is 5.06. The van der Waals surface area contributed by atoms with Crippen molar-refractivity contribution in [3.63, 3.8) is 0 Å². The van der Waals surface area contributed by atoms with E-state index in [9.17, 15) is 4.79 Å². The Hall–Kier alpha value is -3.99. The minimum Gasteiger partial charge on any atom is -0.497 e. The van der Waals surface area contributed by atoms with Gasteiger partial charge in [-0.05, 0) is 31.2 Å². The number of hydrogen-bond donors (Lipinski definition) is 1. The highest BCUT2D eigenvalue weighted by atomic mass is 16.5. The first-order valence-electron chi connectivity index (χ1n) is 9.60. The third-order valence-electron chi connectivity index (χ3n) is 4.84. The van der Waals surface area contributed by atoms with E-state index in [0.29, 0.717) is 11.3 Å². The molecule has 4 rings (SSSR count). The van der Waals surface area contributed by atoms with Gasteiger partial charge in [0, 0.05) is 16.5 Å². The summed E-state index contributed by atoms with van der Waals surface area (Å²) in [5.74, 6) is 0.453. The second kappa shape index (κ2) is 8.57. The summed E-state index contributed by atoms with van der Waals surface area (Å²) in [4.78, 5) is 17.8. The van der Waals surface area contributed by atoms with Crippen molar-refractivity contribution in [3.05, 3.63) is 96.1 Å². The first kappa shape index (κ1) is 19.3. The van der Waals surface area contributed by atoms with E-state index in [-0.39, 0.29) is 5.91 Å². The van der Waals surface area contributed by atoms with E-state index in [2.05, 4.69) is 10.5 Å². The van der Waals surface area contributed by atoms with Crippen molar-refractivity contribution in [2.45, 2.75) is 6.92 Å². The minimum absolute atomic E-state index is 0.284. The number of fused-ring (bicyclic) bond motifs is 1. The van der Waals surface area contributed by atoms with Crippen molar-refractivity contribution in [1.29, 1.82) is 0 Å². The number of carbonyl (C=O) groups excluding carboxylic acids is 1. The number of hydrazone groups is 1. The van der Waals surface area contributed by atoms with Crippen LogP contribution in [0.15, 0.2) is 90.0 Å². The summed E-state index contributed by atoms with van der Waals surface area (Å²) in [6.45, 7) is 1.84. The van der Waals surface area contributed by atoms with E-state index in [1.54, 1.807) is 7.11 Å². The van der Waals surface area contributed by atoms with Gasteiger partial charge in [0.1, 0.15) is 5.75 Å². The largest absolute Gasteiger partial charge is 0.497 e. The van der Waals surface area contributed by atoms with Crippen molar-refractivity contribution >= 4 is 22.5 Å². The fraction of sp³-hybridized carbons (Fsp3) is 0.0800. The van der Waals surface area contributed by atoms with E-state index in [0.717, 1.165) is 33.5 Å². The number of aromatic nitrogens is 1. The van der Waals surface area contributed by atoms with Crippen LogP contribution in [0.5, 0.6) is 5.75 Å². The van der Waals surface area contributed by atoms with Crippen LogP contribution in [0.1, 0.15) is 22.8 Å². The molecule has 0 bridgehead atoms. The summed E-state index contributed by atoms with van der Waals surface area (Å²) in [6.07, 6.45) is 0. The molecular formula is C25H21N3O2. The molecule has 0 saturated heterocycles. The molecule has 0 saturated carbocycles. The highest BCUT2D eigenvalue weighted by Crippen LogP contribution is 2.24. The van der Waals surface area contributed by atoms with E-state index >= 15 is 0 Å². The number of nitrogens with zero attached hydrogens (tertiary/aromatic N) is 2. The summed E-state index contributed by atoms with van der Waals surface area (Å²) in [5, 5.41) is 5.08. The molecule has 30 heavy (non-hydrogen) atoms. The summed E-state index contributed by atoms with van der Waals surface area (Å²) < 4.78 is 5.25. The number of methoxy groups -OCH3 is 1. The molecule has 1 aromatic heterocycles. The number of ether oxygens (including phenoxy) is 1. The number of rotatable bonds is 5. The van der Waals surface area contributed by atoms with Gasteiger partial charge in [0.25, 0.3) is 5.91 Å². The first-order valence-corrected chi connectivity index (χ1v) is 9.60. The maximum absolute atomic E-state index is 13.0. The van der Waals surface area contributed by atoms with E-state index in [1.807, 2.05) is 91.9 Å². The SMILES string of the molecule is COc1cccc(/C(C)=N\NC(=O)c2cc(-c3ccccc3)nc3ccccc23)c1. The lowest BCUT2D eigenvalue weighted by atomic mass is 10.0. The Morgan fingerprint density at radius 3 is 2.50 bits per heavy atom. The lowest BCUT2D eigenvalue weighted by molar-refractivity contribution is 0.0956. The first-order chi connectivity index (χ1) is 14.7. The molecule has 0 spiro atoms. The second-order valence-corrected chi connectivity index (χ2v) is 6.81. The van der Waals surface area contributed by atoms with E-state index < -0.39 is 0 Å². The zero-order chi connectivity index (χ0) is 20.9. The molecule has 0 fully saturated rings. The van der Waals surface area contributed by atoms with Gasteiger partial charge in [-0.25, -0.2) is 10.4 Å². The fourth-order valence-electron chi connectivity index (χ4n) is 3.23. The molecular weight excluding hydrogens is 374 g/mol. The molecule has 4 aromatic rings. The Bertz CT molecular complexity index is 1230. The Kier molecular flexibility index (Phi) is 5.52. The monoisotopic (exact) mass is 395 g/mol. The smallest absolute Gasteiger partial charge is 0.272 e. The molecule has 0 aliphatic heterocycles. The second-order valence-electron chi connectivity index (χ2n) is 6.81. The number of benzene rings is 3. The van der Waals surface area contributed by atoms with Crippen LogP contribution >= 0.6 is 0 Å². The third kappa shape index (κ3) is 4.05. The maximum atomic E-state index is 13.0. The number of pyridine rings is 1. The summed E-state index contributed by atoms with van der Waals surface area (Å²) in [7, 11) is 1.62. The highest BCUT2D eigenvalue weighted by molar-refractivity contribution is 6.08. The van der Waals surface area contributed by atoms with Gasteiger partial charge in [0.2, 0.25) is 0 Å². The quantitative estimate of drug-likeness (QED) is 0.379. The lowest BCUT2D eigenvalue weighted by Gasteiger charge is -2.10. The summed E-state index contributed by atoms with van der Waals surface area (Å²) >= 11 is 0. The molecule has 0 unspecified atom stereocenters. The van der Waals surface area contributed by atoms with Gasteiger partial charge in [-0.1, -0.05) is 60.7 Å². The highest BCUT2D eigenvalue weighted by Gasteiger charge is 2.14. The van der Waals surface area contributed by atoms with Crippen molar-refractivity contribution in [2.24, 2.45) is 5.10 Å². The Labute approximate surface area is 175 Å². The van der Waals surface area contributed by atoms with Crippen LogP contribution in [0.25, 0.3) is 22.2 Å². The van der Waals surface area contributed by atoms with Crippen molar-refractivity contribution in [1.82, 2.24) is 10.4 Å². The van der Waals surface area contributed by atoms with Crippen LogP contribution in [-0.4, -0.2) is 23.7 Å². The molecule has 1 N–H and O–H groups in total. The molecule has 0 aliphatic carbocycles. The molecule has 5 heteroatoms. The van der Waals surface area contributed by atoms with Gasteiger partial charge < -0.3 is 4.74 Å². The van der Waals surface area contributed by atoms with Crippen LogP contribution < -0.4 is 10.2 Å². The molecule has 0 radical (unpaired) electrons. The standard InChI is InChI=1S/C25H21N3O2/c1-17(19-11-8-12-20(15-19)30-2)27-28-25(29)22-16-24(18-9-4-3-5-10-18)26-23-14-7-6-13-21(22)23/h3-16H,1-2H3,(H,28,29)/b27-17-. The van der Waals surface area contributed by atoms with Crippen molar-refractivity contribution in [3.8, 4) is 17.0 Å². The van der Waals surface area contributed by atoms with Crippen LogP contribution in [0.2, 0.25) is 0 Å². The summed E-state index contributed by atoms with van der Waals surface area (Å²) in [5.41, 5.74) is 7.23. The Balaban J connectivity index is 1.68. The predicted molar refractivity (Wildman–Crippen MR) is 120 cm³/mol. The molecule has 0 atom stereocenters. The maximum Gasteiger partial charge on any atom is 0.272 e. The van der Waals surface area contributed by atoms with Crippen LogP contribution in [0, 0.1) is 0 Å². The fourth-order valence-corrected chi connectivity index (χ4v) is 3.23. The van der Waals surface area contributed by atoms with Crippen LogP contribution in [-0.2, 0) is 0 Å². The molecule has 1 amide bonds. The lowest BCUT2D eigenvalue weighted by Crippen LogP contribution is -2.20. The topological polar surface area (TPSA) is 63.6 Å². The van der Waals surface area contributed by atoms with Crippen LogP contribution in [0.4, 0.5) is 0 Å². The van der Waals surface area contributed by atoms with E-state index in [1.165, 1.54) is 0 Å². The number of hydrogen-bond acceptors (Lipinski definition) is 4. The van der Waals surface area contributed by atoms with Gasteiger partial charge in [0.15, 0.2) is 0 Å². The zero-order valence-corrected chi connectivity index (χ0v) is 16.8. The average Bonchev–Trinajstić information content (AvgIpc) is 2.82. The number of para-hydroxylation sites is 1. The van der Waals surface area contributed by atoms with Gasteiger partial charge in [-0.15, -0.1) is 0 Å². The average molecular weight is 395 g/mol. The molecule has 148 valence electrons. The molecule has 3 aromatic carbocycles. The minimum atomic E-state index is -0.284. The van der Waals surface area contributed by atoms with Crippen molar-refractivity contribution in [2.75, 3.05) is 7.11 Å². The third-order valence-corrected chi connectivity index (χ3v) is 4.84. The Morgan fingerprint density at radius 2 is 1.70 bits per heavy atom. The number of amides is 1. The van der Waals surface area contributed by atoms with Gasteiger partial charge in [-0.3, -0.25) is 4.79 Å². The Morgan fingerprint density at radius 1 is 0.933 bits per heavy atom. The van der Waals surface area contributed by atoms with Crippen molar-refractivity contribution < 1.29 is 9.53 Å². The zero-order valence-electron chi connectivity index (χ0n) is 16.8. The van der Waals surface area contributed by atoms with Crippen LogP contribution in [0.3, 0.4) is 0 Å². The molecule has 5 nitrogen and oxygen atoms in total. The van der Waals surface area contributed by atoms with Gasteiger partial charge >= 0.3 is 0 Å². The molecule has 1 heterocycles. The normalized spacial score (nSPS) is 11.3. The number of nitrogens with one attached hydrogen (secondary N) is 1. The van der Waals surface area contributed by atoms with Gasteiger partial charge in [0.05, 0.1) is 29.6 Å². The van der Waals surface area contributed by atoms with E-state index in [4.69, 9.17) is 9.72 Å². The summed E-state index contributed by atoms with van der Waals surface area (Å²) in [6, 6.07) is 26.8. The number of carbonyl (C=O) groups is 1.